The number of anilines is 2. The first-order chi connectivity index (χ1) is 14.9. The Morgan fingerprint density at radius 2 is 2.00 bits per heavy atom. The zero-order valence-electron chi connectivity index (χ0n) is 16.4. The largest absolute Gasteiger partial charge is 0.456 e. The number of fused-ring (bicyclic) bond motifs is 1. The Bertz CT molecular complexity index is 1230. The summed E-state index contributed by atoms with van der Waals surface area (Å²) in [4.78, 5) is 8.43. The summed E-state index contributed by atoms with van der Waals surface area (Å²) in [5.74, 6) is -2.85. The van der Waals surface area contributed by atoms with E-state index in [0.717, 1.165) is 6.07 Å². The van der Waals surface area contributed by atoms with Gasteiger partial charge < -0.3 is 15.2 Å². The highest BCUT2D eigenvalue weighted by molar-refractivity contribution is 5.91. The number of rotatable bonds is 7. The average molecular weight is 429 g/mol. The Morgan fingerprint density at radius 1 is 1.16 bits per heavy atom. The average Bonchev–Trinajstić information content (AvgIpc) is 3.18. The minimum Gasteiger partial charge on any atom is -0.456 e. The molecule has 0 bridgehead atoms. The predicted molar refractivity (Wildman–Crippen MR) is 108 cm³/mol. The molecule has 2 aromatic carbocycles. The number of alkyl halides is 3. The summed E-state index contributed by atoms with van der Waals surface area (Å²) in [5, 5.41) is 17.5. The number of para-hydroxylation sites is 1. The van der Waals surface area contributed by atoms with Crippen molar-refractivity contribution >= 4 is 22.5 Å². The van der Waals surface area contributed by atoms with E-state index in [9.17, 15) is 18.3 Å². The quantitative estimate of drug-likeness (QED) is 0.452. The third-order valence-electron chi connectivity index (χ3n) is 4.62. The van der Waals surface area contributed by atoms with Crippen LogP contribution in [0.15, 0.2) is 55.0 Å². The normalized spacial score (nSPS) is 11.6. The molecule has 10 heteroatoms. The van der Waals surface area contributed by atoms with Crippen molar-refractivity contribution in [1.29, 1.82) is 0 Å². The number of aliphatic hydroxyl groups is 1. The number of benzene rings is 2. The third-order valence-corrected chi connectivity index (χ3v) is 4.62. The first-order valence-corrected chi connectivity index (χ1v) is 9.27. The van der Waals surface area contributed by atoms with Gasteiger partial charge in [0.2, 0.25) is 0 Å². The lowest BCUT2D eigenvalue weighted by atomic mass is 10.0. The summed E-state index contributed by atoms with van der Waals surface area (Å²) >= 11 is 0. The number of aryl methyl sites for hydroxylation is 1. The molecule has 4 rings (SSSR count). The zero-order chi connectivity index (χ0) is 22.0. The maximum Gasteiger partial charge on any atom is 0.304 e. The summed E-state index contributed by atoms with van der Waals surface area (Å²) in [6.45, 7) is -2.43. The van der Waals surface area contributed by atoms with Crippen molar-refractivity contribution in [3.8, 4) is 11.5 Å². The van der Waals surface area contributed by atoms with Gasteiger partial charge >= 0.3 is 5.92 Å². The number of hydrogen-bond acceptors (Lipinski definition) is 6. The molecule has 0 amide bonds. The summed E-state index contributed by atoms with van der Waals surface area (Å²) in [5.41, 5.74) is 0.0604. The second-order valence-electron chi connectivity index (χ2n) is 6.79. The van der Waals surface area contributed by atoms with Gasteiger partial charge in [0.05, 0.1) is 17.7 Å². The number of ether oxygens (including phenoxy) is 1. The first-order valence-electron chi connectivity index (χ1n) is 9.27. The number of aromatic nitrogens is 4. The molecule has 0 radical (unpaired) electrons. The summed E-state index contributed by atoms with van der Waals surface area (Å²) in [6.07, 6.45) is 3.15. The maximum absolute atomic E-state index is 14.2. The predicted octanol–water partition coefficient (Wildman–Crippen LogP) is 4.45. The van der Waals surface area contributed by atoms with Gasteiger partial charge in [0.15, 0.2) is 12.5 Å². The lowest BCUT2D eigenvalue weighted by Crippen LogP contribution is -2.17. The topological polar surface area (TPSA) is 85.1 Å². The van der Waals surface area contributed by atoms with Crippen LogP contribution < -0.4 is 10.1 Å². The van der Waals surface area contributed by atoms with Crippen LogP contribution in [0.3, 0.4) is 0 Å². The van der Waals surface area contributed by atoms with Gasteiger partial charge in [-0.15, -0.1) is 0 Å². The first kappa shape index (κ1) is 20.6. The number of nitrogens with zero attached hydrogens (tertiary/aromatic N) is 4. The van der Waals surface area contributed by atoms with Gasteiger partial charge in [-0.25, -0.2) is 14.4 Å². The molecule has 4 aromatic rings. The molecule has 0 atom stereocenters. The maximum atomic E-state index is 14.2. The van der Waals surface area contributed by atoms with Crippen LogP contribution in [0.2, 0.25) is 0 Å². The molecule has 0 fully saturated rings. The van der Waals surface area contributed by atoms with Crippen LogP contribution in [-0.4, -0.2) is 31.5 Å². The van der Waals surface area contributed by atoms with Crippen molar-refractivity contribution in [2.24, 2.45) is 7.05 Å². The molecule has 2 N–H and O–H groups in total. The molecule has 160 valence electrons. The van der Waals surface area contributed by atoms with Gasteiger partial charge in [0, 0.05) is 30.3 Å². The van der Waals surface area contributed by atoms with E-state index in [-0.39, 0.29) is 17.1 Å². The fourth-order valence-corrected chi connectivity index (χ4v) is 3.11. The Morgan fingerprint density at radius 3 is 2.71 bits per heavy atom. The number of halogens is 3. The monoisotopic (exact) mass is 429 g/mol. The van der Waals surface area contributed by atoms with Crippen LogP contribution in [0.5, 0.6) is 11.5 Å². The summed E-state index contributed by atoms with van der Waals surface area (Å²) in [6, 6.07) is 10.4. The van der Waals surface area contributed by atoms with E-state index in [4.69, 9.17) is 4.74 Å². The van der Waals surface area contributed by atoms with Crippen LogP contribution in [0.25, 0.3) is 10.9 Å². The van der Waals surface area contributed by atoms with E-state index in [0.29, 0.717) is 22.5 Å². The molecule has 0 aliphatic carbocycles. The van der Waals surface area contributed by atoms with Gasteiger partial charge in [0.1, 0.15) is 23.6 Å². The van der Waals surface area contributed by atoms with Crippen LogP contribution in [0.4, 0.5) is 24.8 Å². The molecule has 31 heavy (non-hydrogen) atoms. The van der Waals surface area contributed by atoms with Crippen LogP contribution >= 0.6 is 0 Å². The second-order valence-corrected chi connectivity index (χ2v) is 6.79. The van der Waals surface area contributed by atoms with Crippen molar-refractivity contribution < 1.29 is 23.0 Å². The highest BCUT2D eigenvalue weighted by atomic mass is 19.3. The molecular formula is C21H18F3N5O2. The minimum absolute atomic E-state index is 0.113. The van der Waals surface area contributed by atoms with Gasteiger partial charge in [-0.3, -0.25) is 4.68 Å². The highest BCUT2D eigenvalue weighted by Gasteiger charge is 2.36. The van der Waals surface area contributed by atoms with E-state index in [1.165, 1.54) is 18.5 Å². The van der Waals surface area contributed by atoms with Crippen molar-refractivity contribution in [1.82, 2.24) is 19.7 Å². The molecule has 0 spiro atoms. The Kier molecular flexibility index (Phi) is 5.47. The SMILES string of the molecule is Cn1ccc(Nc2ncnc3ccc(Oc4c(CO)cccc4C(F)(F)CF)cc23)n1. The van der Waals surface area contributed by atoms with Crippen molar-refractivity contribution in [2.75, 3.05) is 12.0 Å². The van der Waals surface area contributed by atoms with E-state index in [1.807, 2.05) is 0 Å². The fraction of sp³-hybridized carbons (Fsp3) is 0.190. The third kappa shape index (κ3) is 4.15. The van der Waals surface area contributed by atoms with Crippen molar-refractivity contribution in [3.63, 3.8) is 0 Å². The van der Waals surface area contributed by atoms with Gasteiger partial charge in [-0.05, 0) is 24.3 Å². The standard InChI is InChI=1S/C21H18F3N5O2/c1-29-8-7-18(28-29)27-20-15-9-14(5-6-17(15)25-12-26-20)31-19-13(10-30)3-2-4-16(19)21(23,24)11-22/h2-9,12,30H,10-11H2,1H3,(H,25,26,27,28). The van der Waals surface area contributed by atoms with Gasteiger partial charge in [-0.2, -0.15) is 13.9 Å². The number of hydrogen-bond donors (Lipinski definition) is 2. The number of aliphatic hydroxyl groups excluding tert-OH is 1. The van der Waals surface area contributed by atoms with Crippen molar-refractivity contribution in [3.05, 3.63) is 66.1 Å². The Labute approximate surface area is 175 Å². The number of nitrogens with one attached hydrogen (secondary N) is 1. The van der Waals surface area contributed by atoms with Crippen LogP contribution in [0.1, 0.15) is 11.1 Å². The zero-order valence-corrected chi connectivity index (χ0v) is 16.4. The molecule has 0 saturated carbocycles. The molecule has 2 heterocycles. The summed E-state index contributed by atoms with van der Waals surface area (Å²) < 4.78 is 48.6. The molecule has 0 aliphatic heterocycles. The Hall–Kier alpha value is -3.66. The van der Waals surface area contributed by atoms with E-state index in [1.54, 1.807) is 42.2 Å². The van der Waals surface area contributed by atoms with E-state index < -0.39 is 24.8 Å². The molecule has 0 saturated heterocycles. The molecule has 2 aromatic heterocycles. The Balaban J connectivity index is 1.76. The van der Waals surface area contributed by atoms with Crippen LogP contribution in [-0.2, 0) is 19.6 Å². The summed E-state index contributed by atoms with van der Waals surface area (Å²) in [7, 11) is 1.78. The molecule has 7 nitrogen and oxygen atoms in total. The lowest BCUT2D eigenvalue weighted by Gasteiger charge is -2.20. The lowest BCUT2D eigenvalue weighted by molar-refractivity contribution is -0.0297. The smallest absolute Gasteiger partial charge is 0.304 e. The fourth-order valence-electron chi connectivity index (χ4n) is 3.11. The second kappa shape index (κ2) is 8.23. The van der Waals surface area contributed by atoms with E-state index >= 15 is 0 Å². The molecule has 0 unspecified atom stereocenters. The van der Waals surface area contributed by atoms with Crippen molar-refractivity contribution in [2.45, 2.75) is 12.5 Å². The molecular weight excluding hydrogens is 411 g/mol. The van der Waals surface area contributed by atoms with Gasteiger partial charge in [-0.1, -0.05) is 12.1 Å². The van der Waals surface area contributed by atoms with Crippen LogP contribution in [0, 0.1) is 0 Å². The minimum atomic E-state index is -3.76. The van der Waals surface area contributed by atoms with Gasteiger partial charge in [0.25, 0.3) is 0 Å². The van der Waals surface area contributed by atoms with E-state index in [2.05, 4.69) is 20.4 Å². The highest BCUT2D eigenvalue weighted by Crippen LogP contribution is 2.40. The molecule has 0 aliphatic rings.